The molecule has 2 aromatic carbocycles. The third-order valence-electron chi connectivity index (χ3n) is 9.13. The lowest BCUT2D eigenvalue weighted by Crippen LogP contribution is -2.41. The predicted molar refractivity (Wildman–Crippen MR) is 160 cm³/mol. The molecule has 0 heterocycles. The van der Waals surface area contributed by atoms with Gasteiger partial charge in [-0.05, 0) is 83.5 Å². The SMILES string of the molecule is CC(C)(C)[Si](C)(C)OC1=Cc2ccccc2[C@H]1CC[C@H]1C(O[Si](C)(C)C(C)(C)C)=Cc2ccccc21. The van der Waals surface area contributed by atoms with Gasteiger partial charge < -0.3 is 8.85 Å². The van der Waals surface area contributed by atoms with Gasteiger partial charge >= 0.3 is 0 Å². The van der Waals surface area contributed by atoms with Crippen LogP contribution in [0.4, 0.5) is 0 Å². The average Bonchev–Trinajstić information content (AvgIpc) is 3.27. The van der Waals surface area contributed by atoms with Crippen LogP contribution in [0.25, 0.3) is 12.2 Å². The van der Waals surface area contributed by atoms with E-state index in [1.54, 1.807) is 0 Å². The Morgan fingerprint density at radius 3 is 1.25 bits per heavy atom. The molecular weight excluding hydrogens is 473 g/mol. The first kappa shape index (κ1) is 27.0. The maximum atomic E-state index is 6.96. The lowest BCUT2D eigenvalue weighted by Gasteiger charge is -2.39. The molecule has 194 valence electrons. The zero-order chi connectivity index (χ0) is 26.5. The summed E-state index contributed by atoms with van der Waals surface area (Å²) < 4.78 is 13.9. The van der Waals surface area contributed by atoms with E-state index in [0.717, 1.165) is 12.8 Å². The first-order valence-electron chi connectivity index (χ1n) is 13.6. The number of hydrogen-bond acceptors (Lipinski definition) is 2. The van der Waals surface area contributed by atoms with E-state index in [1.165, 1.54) is 33.8 Å². The van der Waals surface area contributed by atoms with Crippen molar-refractivity contribution in [2.24, 2.45) is 0 Å². The van der Waals surface area contributed by atoms with Gasteiger partial charge in [-0.25, -0.2) is 0 Å². The summed E-state index contributed by atoms with van der Waals surface area (Å²) in [7, 11) is -3.87. The Balaban J connectivity index is 1.61. The Kier molecular flexibility index (Phi) is 7.02. The highest BCUT2D eigenvalue weighted by Crippen LogP contribution is 2.49. The fourth-order valence-corrected chi connectivity index (χ4v) is 6.95. The summed E-state index contributed by atoms with van der Waals surface area (Å²) in [6.07, 6.45) is 6.72. The van der Waals surface area contributed by atoms with Gasteiger partial charge in [0.05, 0.1) is 11.5 Å². The van der Waals surface area contributed by atoms with Gasteiger partial charge in [0, 0.05) is 11.8 Å². The van der Waals surface area contributed by atoms with Crippen LogP contribution in [0.3, 0.4) is 0 Å². The molecule has 2 aliphatic rings. The summed E-state index contributed by atoms with van der Waals surface area (Å²) in [5.74, 6) is 2.95. The molecule has 0 saturated heterocycles. The van der Waals surface area contributed by atoms with E-state index in [2.05, 4.69) is 128 Å². The molecule has 0 radical (unpaired) electrons. The highest BCUT2D eigenvalue weighted by Gasteiger charge is 2.43. The van der Waals surface area contributed by atoms with Gasteiger partial charge in [0.1, 0.15) is 0 Å². The molecule has 0 saturated carbocycles. The average molecular weight is 519 g/mol. The van der Waals surface area contributed by atoms with E-state index in [9.17, 15) is 0 Å². The van der Waals surface area contributed by atoms with Crippen LogP contribution in [0.1, 0.15) is 88.5 Å². The van der Waals surface area contributed by atoms with E-state index in [0.29, 0.717) is 11.8 Å². The third kappa shape index (κ3) is 5.17. The Hall–Kier alpha value is -2.05. The Labute approximate surface area is 222 Å². The fraction of sp³-hybridized carbons (Fsp3) is 0.500. The van der Waals surface area contributed by atoms with Crippen LogP contribution in [-0.4, -0.2) is 16.6 Å². The van der Waals surface area contributed by atoms with Crippen molar-refractivity contribution in [1.82, 2.24) is 0 Å². The van der Waals surface area contributed by atoms with Gasteiger partial charge in [0.25, 0.3) is 0 Å². The van der Waals surface area contributed by atoms with Crippen molar-refractivity contribution in [3.05, 3.63) is 82.3 Å². The van der Waals surface area contributed by atoms with Crippen LogP contribution < -0.4 is 0 Å². The summed E-state index contributed by atoms with van der Waals surface area (Å²) in [5.41, 5.74) is 5.45. The van der Waals surface area contributed by atoms with Gasteiger partial charge in [0.2, 0.25) is 16.6 Å². The zero-order valence-electron chi connectivity index (χ0n) is 24.2. The van der Waals surface area contributed by atoms with Crippen LogP contribution in [0.15, 0.2) is 60.0 Å². The molecular formula is C32H46O2Si2. The summed E-state index contributed by atoms with van der Waals surface area (Å²) in [6.45, 7) is 23.4. The highest BCUT2D eigenvalue weighted by molar-refractivity contribution is 6.74. The zero-order valence-corrected chi connectivity index (χ0v) is 26.2. The molecule has 2 nitrogen and oxygen atoms in total. The topological polar surface area (TPSA) is 18.5 Å². The first-order valence-corrected chi connectivity index (χ1v) is 19.4. The molecule has 0 aliphatic heterocycles. The number of benzene rings is 2. The summed E-state index contributed by atoms with van der Waals surface area (Å²) in [4.78, 5) is 0. The van der Waals surface area contributed by atoms with Crippen LogP contribution in [0, 0.1) is 0 Å². The highest BCUT2D eigenvalue weighted by atomic mass is 28.4. The number of fused-ring (bicyclic) bond motifs is 2. The lowest BCUT2D eigenvalue weighted by molar-refractivity contribution is 0.331. The quantitative estimate of drug-likeness (QED) is 0.339. The second kappa shape index (κ2) is 9.36. The van der Waals surface area contributed by atoms with Crippen LogP contribution >= 0.6 is 0 Å². The van der Waals surface area contributed by atoms with Crippen molar-refractivity contribution < 1.29 is 8.85 Å². The van der Waals surface area contributed by atoms with Crippen molar-refractivity contribution in [3.63, 3.8) is 0 Å². The van der Waals surface area contributed by atoms with E-state index >= 15 is 0 Å². The van der Waals surface area contributed by atoms with Crippen molar-refractivity contribution in [3.8, 4) is 0 Å². The van der Waals surface area contributed by atoms with E-state index in [-0.39, 0.29) is 10.1 Å². The minimum absolute atomic E-state index is 0.171. The molecule has 0 spiro atoms. The summed E-state index contributed by atoms with van der Waals surface area (Å²) in [5, 5.41) is 0.342. The largest absolute Gasteiger partial charge is 0.546 e. The normalized spacial score (nSPS) is 19.9. The fourth-order valence-electron chi connectivity index (χ4n) is 4.76. The number of rotatable bonds is 7. The molecule has 0 N–H and O–H groups in total. The molecule has 4 heteroatoms. The monoisotopic (exact) mass is 518 g/mol. The number of hydrogen-bond donors (Lipinski definition) is 0. The lowest BCUT2D eigenvalue weighted by atomic mass is 9.88. The van der Waals surface area contributed by atoms with Crippen LogP contribution in [0.5, 0.6) is 0 Å². The molecule has 0 fully saturated rings. The smallest absolute Gasteiger partial charge is 0.250 e. The van der Waals surface area contributed by atoms with E-state index in [1.807, 2.05) is 0 Å². The Morgan fingerprint density at radius 1 is 0.583 bits per heavy atom. The van der Waals surface area contributed by atoms with Gasteiger partial charge in [-0.1, -0.05) is 90.1 Å². The summed E-state index contributed by atoms with van der Waals surface area (Å²) in [6, 6.07) is 17.7. The van der Waals surface area contributed by atoms with Crippen LogP contribution in [-0.2, 0) is 8.85 Å². The first-order chi connectivity index (χ1) is 16.6. The van der Waals surface area contributed by atoms with Gasteiger partial charge in [0.15, 0.2) is 0 Å². The standard InChI is InChI=1S/C32H46O2Si2/c1-31(2,3)35(7,8)33-29-21-23-15-11-13-17-25(23)27(29)19-20-28-26-18-14-12-16-24(26)22-30(28)34-36(9,10)32(4,5)6/h11-18,21-22,27-28H,19-20H2,1-10H3/t27-,28-/m1/s1. The molecule has 4 rings (SSSR count). The maximum Gasteiger partial charge on any atom is 0.250 e. The summed E-state index contributed by atoms with van der Waals surface area (Å²) >= 11 is 0. The minimum atomic E-state index is -1.93. The molecule has 0 bridgehead atoms. The van der Waals surface area contributed by atoms with Gasteiger partial charge in [-0.2, -0.15) is 0 Å². The van der Waals surface area contributed by atoms with Crippen molar-refractivity contribution in [2.75, 3.05) is 0 Å². The minimum Gasteiger partial charge on any atom is -0.546 e. The molecule has 0 aromatic heterocycles. The van der Waals surface area contributed by atoms with Crippen molar-refractivity contribution in [2.45, 2.75) is 102 Å². The second-order valence-electron chi connectivity index (χ2n) is 13.8. The Morgan fingerprint density at radius 2 is 0.917 bits per heavy atom. The van der Waals surface area contributed by atoms with E-state index < -0.39 is 16.6 Å². The Bertz CT molecular complexity index is 1080. The van der Waals surface area contributed by atoms with Crippen LogP contribution in [0.2, 0.25) is 36.3 Å². The molecule has 2 atom stereocenters. The van der Waals surface area contributed by atoms with Crippen molar-refractivity contribution >= 4 is 28.8 Å². The molecule has 0 amide bonds. The third-order valence-corrected chi connectivity index (χ3v) is 17.8. The van der Waals surface area contributed by atoms with E-state index in [4.69, 9.17) is 8.85 Å². The van der Waals surface area contributed by atoms with Gasteiger partial charge in [-0.15, -0.1) is 0 Å². The number of allylic oxidation sites excluding steroid dienone is 2. The van der Waals surface area contributed by atoms with Gasteiger partial charge in [-0.3, -0.25) is 0 Å². The molecule has 2 aromatic rings. The predicted octanol–water partition coefficient (Wildman–Crippen LogP) is 10.1. The second-order valence-corrected chi connectivity index (χ2v) is 23.2. The van der Waals surface area contributed by atoms with Crippen molar-refractivity contribution in [1.29, 1.82) is 0 Å². The maximum absolute atomic E-state index is 6.96. The molecule has 2 aliphatic carbocycles. The molecule has 0 unspecified atom stereocenters. The molecule has 36 heavy (non-hydrogen) atoms.